The Morgan fingerprint density at radius 2 is 1.93 bits per heavy atom. The molecule has 3 rings (SSSR count). The molecule has 154 valence electrons. The van der Waals surface area contributed by atoms with Crippen molar-refractivity contribution in [3.05, 3.63) is 53.6 Å². The van der Waals surface area contributed by atoms with Gasteiger partial charge in [-0.3, -0.25) is 9.69 Å². The summed E-state index contributed by atoms with van der Waals surface area (Å²) in [7, 11) is 0. The molecule has 3 aromatic rings. The number of quaternary nitrogens is 1. The lowest BCUT2D eigenvalue weighted by molar-refractivity contribution is -0.894. The lowest BCUT2D eigenvalue weighted by atomic mass is 10.1. The van der Waals surface area contributed by atoms with E-state index in [0.717, 1.165) is 46.3 Å². The number of rotatable bonds is 9. The first-order valence-corrected chi connectivity index (χ1v) is 11.1. The van der Waals surface area contributed by atoms with Gasteiger partial charge in [0.15, 0.2) is 5.13 Å². The van der Waals surface area contributed by atoms with Gasteiger partial charge in [0, 0.05) is 5.56 Å². The second-order valence-electron chi connectivity index (χ2n) is 7.09. The molecule has 1 amide bonds. The molecule has 0 unspecified atom stereocenters. The van der Waals surface area contributed by atoms with Gasteiger partial charge in [0.05, 0.1) is 43.0 Å². The van der Waals surface area contributed by atoms with E-state index in [1.165, 1.54) is 4.90 Å². The quantitative estimate of drug-likeness (QED) is 0.584. The standard InChI is InChI=1S/C23H29N3O2S/c1-5-25(6-2)13-14-26(22(27)18-10-8-9-17(4)15-18)23-24-20-12-11-19(28-7-3)16-21(20)29-23/h8-12,15-16H,5-7,13-14H2,1-4H3/p+1. The van der Waals surface area contributed by atoms with Gasteiger partial charge in [0.2, 0.25) is 0 Å². The van der Waals surface area contributed by atoms with Crippen molar-refractivity contribution in [1.82, 2.24) is 4.98 Å². The van der Waals surface area contributed by atoms with Gasteiger partial charge in [0.25, 0.3) is 5.91 Å². The highest BCUT2D eigenvalue weighted by atomic mass is 32.1. The molecule has 1 N–H and O–H groups in total. The minimum absolute atomic E-state index is 0.00402. The van der Waals surface area contributed by atoms with Crippen LogP contribution in [0.2, 0.25) is 0 Å². The Morgan fingerprint density at radius 3 is 2.62 bits per heavy atom. The molecule has 1 aromatic heterocycles. The van der Waals surface area contributed by atoms with Crippen molar-refractivity contribution in [2.45, 2.75) is 27.7 Å². The fraction of sp³-hybridized carbons (Fsp3) is 0.391. The van der Waals surface area contributed by atoms with Gasteiger partial charge in [-0.15, -0.1) is 0 Å². The number of nitrogens with zero attached hydrogens (tertiary/aromatic N) is 2. The summed E-state index contributed by atoms with van der Waals surface area (Å²) in [5.41, 5.74) is 2.68. The van der Waals surface area contributed by atoms with Gasteiger partial charge < -0.3 is 9.64 Å². The second kappa shape index (κ2) is 9.85. The van der Waals surface area contributed by atoms with E-state index >= 15 is 0 Å². The average Bonchev–Trinajstić information content (AvgIpc) is 3.14. The zero-order valence-corrected chi connectivity index (χ0v) is 18.5. The molecule has 0 saturated carbocycles. The smallest absolute Gasteiger partial charge is 0.260 e. The number of aryl methyl sites for hydroxylation is 1. The molecular formula is C23H30N3O2S+. The Balaban J connectivity index is 1.95. The summed E-state index contributed by atoms with van der Waals surface area (Å²) in [5.74, 6) is 0.837. The maximum absolute atomic E-state index is 13.4. The third-order valence-corrected chi connectivity index (χ3v) is 6.13. The number of nitrogens with one attached hydrogen (secondary N) is 1. The lowest BCUT2D eigenvalue weighted by Gasteiger charge is -2.23. The molecule has 0 radical (unpaired) electrons. The third kappa shape index (κ3) is 5.14. The van der Waals surface area contributed by atoms with E-state index in [4.69, 9.17) is 9.72 Å². The van der Waals surface area contributed by atoms with E-state index in [2.05, 4.69) is 13.8 Å². The van der Waals surface area contributed by atoms with Crippen LogP contribution in [0.3, 0.4) is 0 Å². The van der Waals surface area contributed by atoms with Crippen LogP contribution in [0.1, 0.15) is 36.7 Å². The lowest BCUT2D eigenvalue weighted by Crippen LogP contribution is -3.12. The number of fused-ring (bicyclic) bond motifs is 1. The number of likely N-dealkylation sites (N-methyl/N-ethyl adjacent to an activating group) is 1. The van der Waals surface area contributed by atoms with Crippen LogP contribution in [0.5, 0.6) is 5.75 Å². The van der Waals surface area contributed by atoms with Crippen LogP contribution in [0.15, 0.2) is 42.5 Å². The number of carbonyl (C=O) groups is 1. The Kier molecular flexibility index (Phi) is 7.23. The van der Waals surface area contributed by atoms with Crippen LogP contribution in [-0.4, -0.2) is 43.7 Å². The summed E-state index contributed by atoms with van der Waals surface area (Å²) in [6.45, 7) is 12.6. The molecule has 0 saturated heterocycles. The minimum atomic E-state index is 0.00402. The fourth-order valence-electron chi connectivity index (χ4n) is 3.36. The zero-order chi connectivity index (χ0) is 20.8. The molecule has 0 spiro atoms. The van der Waals surface area contributed by atoms with Crippen molar-refractivity contribution < 1.29 is 14.4 Å². The molecule has 0 atom stereocenters. The average molecular weight is 413 g/mol. The largest absolute Gasteiger partial charge is 0.494 e. The van der Waals surface area contributed by atoms with E-state index in [1.54, 1.807) is 11.3 Å². The molecule has 0 aliphatic heterocycles. The van der Waals surface area contributed by atoms with Crippen molar-refractivity contribution in [2.75, 3.05) is 37.7 Å². The van der Waals surface area contributed by atoms with Crippen molar-refractivity contribution in [3.63, 3.8) is 0 Å². The molecule has 0 bridgehead atoms. The number of amides is 1. The Bertz CT molecular complexity index is 966. The summed E-state index contributed by atoms with van der Waals surface area (Å²) in [5, 5.41) is 0.742. The minimum Gasteiger partial charge on any atom is -0.494 e. The second-order valence-corrected chi connectivity index (χ2v) is 8.10. The molecule has 29 heavy (non-hydrogen) atoms. The summed E-state index contributed by atoms with van der Waals surface area (Å²) >= 11 is 1.54. The van der Waals surface area contributed by atoms with Crippen molar-refractivity contribution in [3.8, 4) is 5.75 Å². The molecular weight excluding hydrogens is 382 g/mol. The van der Waals surface area contributed by atoms with E-state index < -0.39 is 0 Å². The summed E-state index contributed by atoms with van der Waals surface area (Å²) < 4.78 is 6.65. The molecule has 2 aromatic carbocycles. The number of benzene rings is 2. The Morgan fingerprint density at radius 1 is 1.14 bits per heavy atom. The number of ether oxygens (including phenoxy) is 1. The van der Waals surface area contributed by atoms with Crippen molar-refractivity contribution in [2.24, 2.45) is 0 Å². The van der Waals surface area contributed by atoms with E-state index in [0.29, 0.717) is 18.7 Å². The molecule has 5 nitrogen and oxygen atoms in total. The number of hydrogen-bond acceptors (Lipinski definition) is 4. The van der Waals surface area contributed by atoms with Crippen molar-refractivity contribution in [1.29, 1.82) is 0 Å². The first kappa shape index (κ1) is 21.3. The van der Waals surface area contributed by atoms with Crippen LogP contribution in [0.25, 0.3) is 10.2 Å². The highest BCUT2D eigenvalue weighted by molar-refractivity contribution is 7.22. The van der Waals surface area contributed by atoms with Crippen molar-refractivity contribution >= 4 is 32.6 Å². The highest BCUT2D eigenvalue weighted by Gasteiger charge is 2.23. The SMILES string of the molecule is CCOc1ccc2nc(N(CC[NH+](CC)CC)C(=O)c3cccc(C)c3)sc2c1. The summed E-state index contributed by atoms with van der Waals surface area (Å²) in [6, 6.07) is 13.7. The number of aromatic nitrogens is 1. The Labute approximate surface area is 176 Å². The van der Waals surface area contributed by atoms with Gasteiger partial charge in [-0.2, -0.15) is 0 Å². The van der Waals surface area contributed by atoms with E-state index in [9.17, 15) is 4.79 Å². The van der Waals surface area contributed by atoms with Crippen LogP contribution >= 0.6 is 11.3 Å². The van der Waals surface area contributed by atoms with E-state index in [1.807, 2.05) is 61.2 Å². The topological polar surface area (TPSA) is 46.9 Å². The molecule has 0 aliphatic carbocycles. The van der Waals surface area contributed by atoms with Crippen LogP contribution < -0.4 is 14.5 Å². The number of carbonyl (C=O) groups excluding carboxylic acids is 1. The number of anilines is 1. The normalized spacial score (nSPS) is 11.2. The van der Waals surface area contributed by atoms with Crippen LogP contribution in [0.4, 0.5) is 5.13 Å². The first-order chi connectivity index (χ1) is 14.0. The maximum atomic E-state index is 13.4. The first-order valence-electron chi connectivity index (χ1n) is 10.3. The van der Waals surface area contributed by atoms with Gasteiger partial charge >= 0.3 is 0 Å². The molecule has 1 heterocycles. The van der Waals surface area contributed by atoms with Gasteiger partial charge in [-0.1, -0.05) is 29.0 Å². The molecule has 0 aliphatic rings. The summed E-state index contributed by atoms with van der Waals surface area (Å²) in [6.07, 6.45) is 0. The van der Waals surface area contributed by atoms with Crippen LogP contribution in [-0.2, 0) is 0 Å². The van der Waals surface area contributed by atoms with Gasteiger partial charge in [-0.05, 0) is 58.0 Å². The third-order valence-electron chi connectivity index (χ3n) is 5.09. The summed E-state index contributed by atoms with van der Waals surface area (Å²) in [4.78, 5) is 21.5. The van der Waals surface area contributed by atoms with Crippen LogP contribution in [0, 0.1) is 6.92 Å². The highest BCUT2D eigenvalue weighted by Crippen LogP contribution is 2.32. The van der Waals surface area contributed by atoms with E-state index in [-0.39, 0.29) is 5.91 Å². The number of hydrogen-bond donors (Lipinski definition) is 1. The molecule has 0 fully saturated rings. The Hall–Kier alpha value is -2.44. The molecule has 6 heteroatoms. The fourth-order valence-corrected chi connectivity index (χ4v) is 4.37. The maximum Gasteiger partial charge on any atom is 0.260 e. The monoisotopic (exact) mass is 412 g/mol. The predicted octanol–water partition coefficient (Wildman–Crippen LogP) is 3.57. The van der Waals surface area contributed by atoms with Gasteiger partial charge in [0.1, 0.15) is 5.75 Å². The predicted molar refractivity (Wildman–Crippen MR) is 121 cm³/mol. The number of thiazole rings is 1. The van der Waals surface area contributed by atoms with Gasteiger partial charge in [-0.25, -0.2) is 4.98 Å². The zero-order valence-electron chi connectivity index (χ0n) is 17.7.